The second-order valence-electron chi connectivity index (χ2n) is 6.26. The first kappa shape index (κ1) is 17.3. The first-order valence-electron chi connectivity index (χ1n) is 8.53. The molecule has 0 atom stereocenters. The smallest absolute Gasteiger partial charge is 0.167 e. The number of rotatable bonds is 5. The Kier molecular flexibility index (Phi) is 5.59. The normalized spacial score (nSPS) is 14.9. The predicted molar refractivity (Wildman–Crippen MR) is 96.1 cm³/mol. The van der Waals surface area contributed by atoms with Crippen LogP contribution in [0.3, 0.4) is 0 Å². The lowest BCUT2D eigenvalue weighted by molar-refractivity contribution is 0.0341. The van der Waals surface area contributed by atoms with Crippen LogP contribution in [0.4, 0.5) is 5.82 Å². The van der Waals surface area contributed by atoms with Crippen LogP contribution < -0.4 is 5.32 Å². The van der Waals surface area contributed by atoms with Gasteiger partial charge >= 0.3 is 0 Å². The van der Waals surface area contributed by atoms with Crippen molar-refractivity contribution < 1.29 is 4.74 Å². The topological polar surface area (TPSA) is 74.1 Å². The second kappa shape index (κ2) is 8.06. The summed E-state index contributed by atoms with van der Waals surface area (Å²) in [4.78, 5) is 2.40. The highest BCUT2D eigenvalue weighted by atomic mass is 16.5. The number of benzene rings is 1. The van der Waals surface area contributed by atoms with Crippen LogP contribution in [-0.2, 0) is 17.8 Å². The third kappa shape index (κ3) is 4.13. The minimum absolute atomic E-state index is 0.548. The van der Waals surface area contributed by atoms with Crippen molar-refractivity contribution in [3.05, 3.63) is 52.2 Å². The summed E-state index contributed by atoms with van der Waals surface area (Å²) >= 11 is 0. The third-order valence-corrected chi connectivity index (χ3v) is 4.63. The van der Waals surface area contributed by atoms with E-state index in [9.17, 15) is 5.26 Å². The Morgan fingerprint density at radius 3 is 2.60 bits per heavy atom. The van der Waals surface area contributed by atoms with E-state index in [0.29, 0.717) is 17.9 Å². The fourth-order valence-corrected chi connectivity index (χ4v) is 2.93. The van der Waals surface area contributed by atoms with Crippen molar-refractivity contribution >= 4 is 5.82 Å². The zero-order valence-corrected chi connectivity index (χ0v) is 14.7. The minimum Gasteiger partial charge on any atom is -0.379 e. The summed E-state index contributed by atoms with van der Waals surface area (Å²) in [5.74, 6) is 0.548. The van der Waals surface area contributed by atoms with Gasteiger partial charge in [0.05, 0.1) is 18.9 Å². The Labute approximate surface area is 148 Å². The number of nitriles is 1. The van der Waals surface area contributed by atoms with E-state index in [-0.39, 0.29) is 0 Å². The van der Waals surface area contributed by atoms with Crippen LogP contribution in [0.1, 0.15) is 27.9 Å². The molecule has 6 nitrogen and oxygen atoms in total. The van der Waals surface area contributed by atoms with Crippen LogP contribution in [-0.4, -0.2) is 41.4 Å². The molecule has 2 heterocycles. The highest BCUT2D eigenvalue weighted by Gasteiger charge is 2.14. The summed E-state index contributed by atoms with van der Waals surface area (Å²) in [6.07, 6.45) is 0. The Morgan fingerprint density at radius 1 is 1.16 bits per heavy atom. The number of ether oxygens (including phenoxy) is 1. The van der Waals surface area contributed by atoms with Gasteiger partial charge in [0.25, 0.3) is 0 Å². The monoisotopic (exact) mass is 337 g/mol. The van der Waals surface area contributed by atoms with E-state index in [4.69, 9.17) is 4.74 Å². The third-order valence-electron chi connectivity index (χ3n) is 4.63. The van der Waals surface area contributed by atoms with Gasteiger partial charge in [-0.2, -0.15) is 10.4 Å². The van der Waals surface area contributed by atoms with E-state index < -0.39 is 0 Å². The van der Waals surface area contributed by atoms with Gasteiger partial charge in [-0.15, -0.1) is 5.10 Å². The van der Waals surface area contributed by atoms with Crippen LogP contribution in [0.15, 0.2) is 24.3 Å². The zero-order valence-electron chi connectivity index (χ0n) is 14.7. The fraction of sp³-hybridized carbons (Fsp3) is 0.421. The lowest BCUT2D eigenvalue weighted by atomic mass is 10.1. The molecular formula is C19H23N5O. The molecule has 1 fully saturated rings. The summed E-state index contributed by atoms with van der Waals surface area (Å²) in [7, 11) is 0. The molecule has 1 aromatic carbocycles. The van der Waals surface area contributed by atoms with Crippen LogP contribution in [0.25, 0.3) is 0 Å². The second-order valence-corrected chi connectivity index (χ2v) is 6.26. The quantitative estimate of drug-likeness (QED) is 0.903. The lowest BCUT2D eigenvalue weighted by Crippen LogP contribution is -2.35. The Hall–Kier alpha value is -2.49. The summed E-state index contributed by atoms with van der Waals surface area (Å²) in [6, 6.07) is 10.6. The lowest BCUT2D eigenvalue weighted by Gasteiger charge is -2.27. The maximum atomic E-state index is 9.42. The Balaban J connectivity index is 1.74. The Morgan fingerprint density at radius 2 is 1.88 bits per heavy atom. The van der Waals surface area contributed by atoms with Crippen molar-refractivity contribution in [2.24, 2.45) is 0 Å². The molecule has 2 aromatic rings. The van der Waals surface area contributed by atoms with Crippen molar-refractivity contribution in [2.45, 2.75) is 26.9 Å². The van der Waals surface area contributed by atoms with Gasteiger partial charge in [-0.3, -0.25) is 4.90 Å². The van der Waals surface area contributed by atoms with E-state index in [2.05, 4.69) is 44.7 Å². The molecule has 1 N–H and O–H groups in total. The van der Waals surface area contributed by atoms with Crippen LogP contribution in [0, 0.1) is 25.2 Å². The average molecular weight is 337 g/mol. The Bertz CT molecular complexity index is 778. The molecule has 1 aromatic heterocycles. The molecule has 0 bridgehead atoms. The molecule has 0 amide bonds. The number of nitrogens with zero attached hydrogens (tertiary/aromatic N) is 4. The van der Waals surface area contributed by atoms with Gasteiger partial charge in [-0.25, -0.2) is 0 Å². The SMILES string of the molecule is Cc1nnc(NCc2ccccc2CN2CCOCC2)c(C#N)c1C. The molecule has 0 spiro atoms. The molecule has 6 heteroatoms. The molecule has 0 radical (unpaired) electrons. The molecule has 130 valence electrons. The molecule has 25 heavy (non-hydrogen) atoms. The van der Waals surface area contributed by atoms with E-state index in [1.165, 1.54) is 11.1 Å². The first-order valence-corrected chi connectivity index (χ1v) is 8.53. The molecule has 0 aliphatic carbocycles. The molecule has 1 saturated heterocycles. The fourth-order valence-electron chi connectivity index (χ4n) is 2.93. The standard InChI is InChI=1S/C19H23N5O/c1-14-15(2)22-23-19(18(14)11-20)21-12-16-5-3-4-6-17(16)13-24-7-9-25-10-8-24/h3-6H,7-10,12-13H2,1-2H3,(H,21,23). The van der Waals surface area contributed by atoms with Gasteiger partial charge in [0.1, 0.15) is 11.6 Å². The van der Waals surface area contributed by atoms with E-state index in [0.717, 1.165) is 44.1 Å². The van der Waals surface area contributed by atoms with Crippen molar-refractivity contribution in [1.29, 1.82) is 5.26 Å². The van der Waals surface area contributed by atoms with Gasteiger partial charge in [-0.05, 0) is 30.5 Å². The summed E-state index contributed by atoms with van der Waals surface area (Å²) in [5, 5.41) is 21.0. The highest BCUT2D eigenvalue weighted by molar-refractivity contribution is 5.56. The first-order chi connectivity index (χ1) is 12.2. The number of nitrogens with one attached hydrogen (secondary N) is 1. The van der Waals surface area contributed by atoms with Crippen molar-refractivity contribution in [2.75, 3.05) is 31.6 Å². The number of aryl methyl sites for hydroxylation is 1. The van der Waals surface area contributed by atoms with Crippen molar-refractivity contribution in [3.8, 4) is 6.07 Å². The summed E-state index contributed by atoms with van der Waals surface area (Å²) in [5.41, 5.74) is 4.72. The summed E-state index contributed by atoms with van der Waals surface area (Å²) in [6.45, 7) is 8.81. The van der Waals surface area contributed by atoms with E-state index >= 15 is 0 Å². The maximum absolute atomic E-state index is 9.42. The van der Waals surface area contributed by atoms with E-state index in [1.54, 1.807) is 0 Å². The minimum atomic E-state index is 0.548. The van der Waals surface area contributed by atoms with Crippen LogP contribution in [0.2, 0.25) is 0 Å². The van der Waals surface area contributed by atoms with Crippen molar-refractivity contribution in [1.82, 2.24) is 15.1 Å². The average Bonchev–Trinajstić information content (AvgIpc) is 2.64. The molecule has 1 aliphatic heterocycles. The number of morpholine rings is 1. The van der Waals surface area contributed by atoms with E-state index in [1.807, 2.05) is 19.9 Å². The largest absolute Gasteiger partial charge is 0.379 e. The van der Waals surface area contributed by atoms with Gasteiger partial charge < -0.3 is 10.1 Å². The van der Waals surface area contributed by atoms with Crippen molar-refractivity contribution in [3.63, 3.8) is 0 Å². The number of hydrogen-bond acceptors (Lipinski definition) is 6. The summed E-state index contributed by atoms with van der Waals surface area (Å²) < 4.78 is 5.42. The maximum Gasteiger partial charge on any atom is 0.167 e. The molecule has 0 unspecified atom stereocenters. The highest BCUT2D eigenvalue weighted by Crippen LogP contribution is 2.19. The molecule has 0 saturated carbocycles. The van der Waals surface area contributed by atoms with Crippen LogP contribution in [0.5, 0.6) is 0 Å². The predicted octanol–water partition coefficient (Wildman–Crippen LogP) is 2.41. The molecule has 1 aliphatic rings. The van der Waals surface area contributed by atoms with Gasteiger partial charge in [0, 0.05) is 26.2 Å². The molecular weight excluding hydrogens is 314 g/mol. The van der Waals surface area contributed by atoms with Gasteiger partial charge in [-0.1, -0.05) is 24.3 Å². The zero-order chi connectivity index (χ0) is 17.6. The number of anilines is 1. The van der Waals surface area contributed by atoms with Crippen LogP contribution >= 0.6 is 0 Å². The number of hydrogen-bond donors (Lipinski definition) is 1. The van der Waals surface area contributed by atoms with Gasteiger partial charge in [0.15, 0.2) is 5.82 Å². The molecule has 3 rings (SSSR count). The van der Waals surface area contributed by atoms with Gasteiger partial charge in [0.2, 0.25) is 0 Å². The number of aromatic nitrogens is 2.